The smallest absolute Gasteiger partial charge is 0.357 e. The van der Waals surface area contributed by atoms with E-state index in [0.29, 0.717) is 0 Å². The molecule has 6 heteroatoms. The molecule has 0 radical (unpaired) electrons. The van der Waals surface area contributed by atoms with Gasteiger partial charge in [-0.15, -0.1) is 0 Å². The Labute approximate surface area is 108 Å². The number of carbonyl (C=O) groups is 1. The normalized spacial score (nSPS) is 21.5. The Balaban J connectivity index is 2.30. The van der Waals surface area contributed by atoms with Gasteiger partial charge in [-0.25, -0.2) is 13.6 Å². The second kappa shape index (κ2) is 4.79. The number of hydrogen-bond donors (Lipinski definition) is 0. The van der Waals surface area contributed by atoms with Gasteiger partial charge in [0, 0.05) is 11.6 Å². The first-order valence-electron chi connectivity index (χ1n) is 5.44. The molecule has 0 bridgehead atoms. The first kappa shape index (κ1) is 13.2. The van der Waals surface area contributed by atoms with Crippen molar-refractivity contribution in [2.45, 2.75) is 12.0 Å². The summed E-state index contributed by atoms with van der Waals surface area (Å²) in [6.45, 7) is 3.50. The van der Waals surface area contributed by atoms with Crippen LogP contribution in [0.1, 0.15) is 12.0 Å². The number of carbonyl (C=O) groups excluding carboxylic acids is 1. The summed E-state index contributed by atoms with van der Waals surface area (Å²) >= 11 is 0. The first-order chi connectivity index (χ1) is 9.00. The van der Waals surface area contributed by atoms with Gasteiger partial charge in [0.05, 0.1) is 19.2 Å². The monoisotopic (exact) mass is 267 g/mol. The van der Waals surface area contributed by atoms with Gasteiger partial charge in [-0.05, 0) is 18.2 Å². The summed E-state index contributed by atoms with van der Waals surface area (Å²) in [5, 5.41) is 3.69. The van der Waals surface area contributed by atoms with Crippen LogP contribution >= 0.6 is 0 Å². The van der Waals surface area contributed by atoms with Gasteiger partial charge in [-0.3, -0.25) is 0 Å². The number of hydrogen-bond acceptors (Lipinski definition) is 4. The van der Waals surface area contributed by atoms with E-state index in [1.54, 1.807) is 0 Å². The van der Waals surface area contributed by atoms with Crippen LogP contribution in [0.15, 0.2) is 36.0 Å². The fourth-order valence-corrected chi connectivity index (χ4v) is 1.80. The summed E-state index contributed by atoms with van der Waals surface area (Å²) in [5.41, 5.74) is -0.971. The molecule has 0 fully saturated rings. The van der Waals surface area contributed by atoms with E-state index in [1.807, 2.05) is 0 Å². The molecule has 2 rings (SSSR count). The SMILES string of the molecule is C=CC1(C(=O)OC)CC(c2cc(F)cc(F)c2)=NO1. The number of nitrogens with zero attached hydrogens (tertiary/aromatic N) is 1. The maximum Gasteiger partial charge on any atom is 0.357 e. The summed E-state index contributed by atoms with van der Waals surface area (Å²) in [5.74, 6) is -2.13. The number of oxime groups is 1. The molecule has 0 saturated heterocycles. The molecule has 0 aliphatic carbocycles. The minimum atomic E-state index is -1.44. The molecule has 1 heterocycles. The van der Waals surface area contributed by atoms with Crippen molar-refractivity contribution >= 4 is 11.7 Å². The Morgan fingerprint density at radius 2 is 2.11 bits per heavy atom. The number of methoxy groups -OCH3 is 1. The van der Waals surface area contributed by atoms with Gasteiger partial charge in [-0.2, -0.15) is 0 Å². The van der Waals surface area contributed by atoms with E-state index in [4.69, 9.17) is 4.84 Å². The summed E-state index contributed by atoms with van der Waals surface area (Å²) in [6, 6.07) is 2.98. The molecule has 1 aliphatic heterocycles. The van der Waals surface area contributed by atoms with Gasteiger partial charge in [-0.1, -0.05) is 11.7 Å². The third-order valence-electron chi connectivity index (χ3n) is 2.81. The summed E-state index contributed by atoms with van der Waals surface area (Å²) in [4.78, 5) is 16.7. The third kappa shape index (κ3) is 2.33. The third-order valence-corrected chi connectivity index (χ3v) is 2.81. The Kier molecular flexibility index (Phi) is 3.33. The summed E-state index contributed by atoms with van der Waals surface area (Å²) < 4.78 is 30.9. The number of rotatable bonds is 3. The van der Waals surface area contributed by atoms with Crippen LogP contribution in [-0.2, 0) is 14.4 Å². The molecule has 0 spiro atoms. The molecule has 1 aliphatic rings. The van der Waals surface area contributed by atoms with Gasteiger partial charge in [0.2, 0.25) is 0 Å². The molecule has 1 aromatic rings. The van der Waals surface area contributed by atoms with Gasteiger partial charge in [0.15, 0.2) is 0 Å². The maximum absolute atomic E-state index is 13.1. The number of halogens is 2. The molecule has 0 N–H and O–H groups in total. The second-order valence-electron chi connectivity index (χ2n) is 4.05. The molecular weight excluding hydrogens is 256 g/mol. The molecule has 1 aromatic carbocycles. The Morgan fingerprint density at radius 3 is 2.63 bits per heavy atom. The molecular formula is C13H11F2NO3. The zero-order valence-electron chi connectivity index (χ0n) is 10.2. The van der Waals surface area contributed by atoms with Crippen LogP contribution in [0.5, 0.6) is 0 Å². The van der Waals surface area contributed by atoms with Crippen LogP contribution in [0.3, 0.4) is 0 Å². The summed E-state index contributed by atoms with van der Waals surface area (Å²) in [7, 11) is 1.21. The topological polar surface area (TPSA) is 47.9 Å². The Bertz CT molecular complexity index is 551. The van der Waals surface area contributed by atoms with E-state index in [2.05, 4.69) is 16.5 Å². The number of esters is 1. The summed E-state index contributed by atoms with van der Waals surface area (Å²) in [6.07, 6.45) is 1.26. The highest BCUT2D eigenvalue weighted by molar-refractivity contribution is 6.05. The molecule has 0 aromatic heterocycles. The molecule has 19 heavy (non-hydrogen) atoms. The van der Waals surface area contributed by atoms with E-state index in [9.17, 15) is 13.6 Å². The van der Waals surface area contributed by atoms with Crippen LogP contribution in [0.4, 0.5) is 8.78 Å². The zero-order chi connectivity index (χ0) is 14.0. The van der Waals surface area contributed by atoms with Crippen LogP contribution in [0.25, 0.3) is 0 Å². The molecule has 0 amide bonds. The predicted octanol–water partition coefficient (Wildman–Crippen LogP) is 2.19. The fraction of sp³-hybridized carbons (Fsp3) is 0.231. The van der Waals surface area contributed by atoms with Gasteiger partial charge < -0.3 is 9.57 Å². The van der Waals surface area contributed by atoms with Crippen molar-refractivity contribution in [3.63, 3.8) is 0 Å². The lowest BCUT2D eigenvalue weighted by molar-refractivity contribution is -0.160. The van der Waals surface area contributed by atoms with E-state index in [0.717, 1.165) is 18.2 Å². The second-order valence-corrected chi connectivity index (χ2v) is 4.05. The van der Waals surface area contributed by atoms with E-state index >= 15 is 0 Å². The largest absolute Gasteiger partial charge is 0.466 e. The minimum Gasteiger partial charge on any atom is -0.466 e. The van der Waals surface area contributed by atoms with Gasteiger partial charge in [0.1, 0.15) is 11.6 Å². The highest BCUT2D eigenvalue weighted by atomic mass is 19.1. The van der Waals surface area contributed by atoms with E-state index in [-0.39, 0.29) is 17.7 Å². The van der Waals surface area contributed by atoms with Crippen molar-refractivity contribution in [3.8, 4) is 0 Å². The van der Waals surface area contributed by atoms with Crippen molar-refractivity contribution in [2.24, 2.45) is 5.16 Å². The first-order valence-corrected chi connectivity index (χ1v) is 5.44. The van der Waals surface area contributed by atoms with E-state index in [1.165, 1.54) is 13.2 Å². The lowest BCUT2D eigenvalue weighted by Crippen LogP contribution is -2.37. The molecule has 0 saturated carbocycles. The van der Waals surface area contributed by atoms with Crippen LogP contribution in [0.2, 0.25) is 0 Å². The molecule has 1 unspecified atom stereocenters. The molecule has 1 atom stereocenters. The number of ether oxygens (including phenoxy) is 1. The van der Waals surface area contributed by atoms with Crippen LogP contribution < -0.4 is 0 Å². The van der Waals surface area contributed by atoms with Gasteiger partial charge >= 0.3 is 5.97 Å². The lowest BCUT2D eigenvalue weighted by atomic mass is 9.94. The Hall–Kier alpha value is -2.24. The van der Waals surface area contributed by atoms with Crippen LogP contribution in [-0.4, -0.2) is 24.4 Å². The van der Waals surface area contributed by atoms with Gasteiger partial charge in [0.25, 0.3) is 5.60 Å². The highest BCUT2D eigenvalue weighted by Crippen LogP contribution is 2.29. The van der Waals surface area contributed by atoms with Crippen LogP contribution in [0, 0.1) is 11.6 Å². The average molecular weight is 267 g/mol. The van der Waals surface area contributed by atoms with Crippen molar-refractivity contribution in [1.29, 1.82) is 0 Å². The molecule has 4 nitrogen and oxygen atoms in total. The average Bonchev–Trinajstić information content (AvgIpc) is 2.82. The van der Waals surface area contributed by atoms with Crippen molar-refractivity contribution in [1.82, 2.24) is 0 Å². The predicted molar refractivity (Wildman–Crippen MR) is 63.5 cm³/mol. The van der Waals surface area contributed by atoms with Crippen molar-refractivity contribution in [3.05, 3.63) is 48.1 Å². The maximum atomic E-state index is 13.1. The fourth-order valence-electron chi connectivity index (χ4n) is 1.80. The standard InChI is InChI=1S/C13H11F2NO3/c1-3-13(12(17)18-2)7-11(16-19-13)8-4-9(14)6-10(15)5-8/h3-6H,1,7H2,2H3. The van der Waals surface area contributed by atoms with Crippen molar-refractivity contribution < 1.29 is 23.1 Å². The minimum absolute atomic E-state index is 0.00602. The van der Waals surface area contributed by atoms with E-state index < -0.39 is 23.2 Å². The molecule has 100 valence electrons. The highest BCUT2D eigenvalue weighted by Gasteiger charge is 2.45. The number of benzene rings is 1. The zero-order valence-corrected chi connectivity index (χ0v) is 10.2. The quantitative estimate of drug-likeness (QED) is 0.623. The van der Waals surface area contributed by atoms with Crippen molar-refractivity contribution in [2.75, 3.05) is 7.11 Å². The Morgan fingerprint density at radius 1 is 1.47 bits per heavy atom. The lowest BCUT2D eigenvalue weighted by Gasteiger charge is -2.18.